The summed E-state index contributed by atoms with van der Waals surface area (Å²) in [6.45, 7) is 1.62. The van der Waals surface area contributed by atoms with E-state index in [1.165, 1.54) is 16.5 Å². The van der Waals surface area contributed by atoms with Crippen LogP contribution in [0.5, 0.6) is 0 Å². The Bertz CT molecular complexity index is 4020. The second-order valence-electron chi connectivity index (χ2n) is 18.4. The third-order valence-electron chi connectivity index (χ3n) is 12.6. The Morgan fingerprint density at radius 2 is 1.41 bits per heavy atom. The van der Waals surface area contributed by atoms with Crippen molar-refractivity contribution in [1.29, 1.82) is 0 Å². The van der Waals surface area contributed by atoms with E-state index < -0.39 is 26.0 Å². The molecule has 8 heteroatoms. The predicted molar refractivity (Wildman–Crippen MR) is 281 cm³/mol. The summed E-state index contributed by atoms with van der Waals surface area (Å²) in [7, 11) is 0. The second-order valence-corrected chi connectivity index (χ2v) is 28.9. The van der Waals surface area contributed by atoms with Gasteiger partial charge in [-0.1, -0.05) is 101 Å². The molecule has 0 N–H and O–H groups in total. The number of nitrogens with zero attached hydrogens (tertiary/aromatic N) is 3. The molecule has 4 aromatic heterocycles. The SMILES string of the molecule is [2H]C(C)(C)c1cc(-c2[c-]cc(F)cc2)nc[c]1[Ge]([CH3])([CH3])[CH3].[2H]C([2H])([2H])c1ccc2oc3cc(-c4ccc5c(c4)oc4c(-c6nc7ccccc7n6-c6ccccc6-c6ccccc6)[c-]ccc45)ccc3c2c1.[Ir]. The molecule has 0 aliphatic carbocycles. The van der Waals surface area contributed by atoms with Gasteiger partial charge in [0.05, 0.1) is 22.4 Å². The van der Waals surface area contributed by atoms with E-state index in [0.29, 0.717) is 16.7 Å². The average Bonchev–Trinajstić information content (AvgIpc) is 4.07. The van der Waals surface area contributed by atoms with Gasteiger partial charge in [-0.15, -0.1) is 18.2 Å². The molecule has 12 rings (SSSR count). The van der Waals surface area contributed by atoms with Crippen LogP contribution in [0.2, 0.25) is 17.3 Å². The van der Waals surface area contributed by atoms with Crippen LogP contribution in [-0.4, -0.2) is 27.8 Å². The van der Waals surface area contributed by atoms with E-state index in [9.17, 15) is 4.39 Å². The molecule has 0 spiro atoms. The largest absolute Gasteiger partial charge is 0.501 e. The topological polar surface area (TPSA) is 57.0 Å². The number of para-hydroxylation sites is 3. The summed E-state index contributed by atoms with van der Waals surface area (Å²) in [5.41, 5.74) is 13.5. The predicted octanol–water partition coefficient (Wildman–Crippen LogP) is 16.3. The summed E-state index contributed by atoms with van der Waals surface area (Å²) in [5.74, 6) is 6.68. The van der Waals surface area contributed by atoms with Crippen LogP contribution in [0.3, 0.4) is 0 Å². The zero-order valence-electron chi connectivity index (χ0n) is 42.6. The van der Waals surface area contributed by atoms with Crippen LogP contribution in [0.4, 0.5) is 4.39 Å². The first-order valence-corrected chi connectivity index (χ1v) is 30.0. The number of hydrogen-bond acceptors (Lipinski definition) is 4. The first kappa shape index (κ1) is 41.1. The minimum atomic E-state index is -2.18. The van der Waals surface area contributed by atoms with E-state index in [1.54, 1.807) is 24.3 Å². The van der Waals surface area contributed by atoms with Gasteiger partial charge in [-0.2, -0.15) is 0 Å². The van der Waals surface area contributed by atoms with Crippen LogP contribution >= 0.6 is 0 Å². The Balaban J connectivity index is 0.000000235. The van der Waals surface area contributed by atoms with Gasteiger partial charge >= 0.3 is 125 Å². The molecule has 12 aromatic rings. The van der Waals surface area contributed by atoms with Crippen molar-refractivity contribution in [2.75, 3.05) is 0 Å². The molecule has 8 aromatic carbocycles. The fraction of sp³-hybridized carbons (Fsp3) is 0.115. The maximum atomic E-state index is 13.0. The minimum absolute atomic E-state index is 0. The van der Waals surface area contributed by atoms with Gasteiger partial charge < -0.3 is 13.4 Å². The van der Waals surface area contributed by atoms with Gasteiger partial charge in [0, 0.05) is 51.6 Å². The number of fused-ring (bicyclic) bond motifs is 7. The van der Waals surface area contributed by atoms with Crippen molar-refractivity contribution in [3.63, 3.8) is 0 Å². The summed E-state index contributed by atoms with van der Waals surface area (Å²) in [5, 5.41) is 3.65. The van der Waals surface area contributed by atoms with Crippen molar-refractivity contribution in [3.05, 3.63) is 205 Å². The maximum Gasteiger partial charge on any atom is 0.136 e. The van der Waals surface area contributed by atoms with Crippen LogP contribution in [0, 0.1) is 24.8 Å². The smallest absolute Gasteiger partial charge is 0.136 e. The Kier molecular flexibility index (Phi) is 11.0. The van der Waals surface area contributed by atoms with Gasteiger partial charge in [0.25, 0.3) is 0 Å². The third-order valence-corrected chi connectivity index (χ3v) is 16.8. The minimum Gasteiger partial charge on any atom is -0.501 e. The fourth-order valence-electron chi connectivity index (χ4n) is 9.19. The Hall–Kier alpha value is -6.90. The van der Waals surface area contributed by atoms with Gasteiger partial charge in [-0.05, 0) is 72.1 Å². The summed E-state index contributed by atoms with van der Waals surface area (Å²) < 4.78 is 61.3. The van der Waals surface area contributed by atoms with E-state index in [0.717, 1.165) is 99.9 Å². The summed E-state index contributed by atoms with van der Waals surface area (Å²) in [6.07, 6.45) is 1.91. The molecular weight excluding hydrogens is 1090 g/mol. The number of hydrogen-bond donors (Lipinski definition) is 0. The summed E-state index contributed by atoms with van der Waals surface area (Å²) in [4.78, 5) is 9.70. The molecule has 1 radical (unpaired) electrons. The molecular formula is C61H48FGeIrN3O2-2. The fourth-order valence-corrected chi connectivity index (χ4v) is 12.5. The number of aromatic nitrogens is 3. The van der Waals surface area contributed by atoms with Crippen molar-refractivity contribution in [2.45, 2.75) is 43.9 Å². The van der Waals surface area contributed by atoms with Crippen molar-refractivity contribution >= 4 is 72.6 Å². The Labute approximate surface area is 423 Å². The number of halogens is 1. The molecule has 69 heavy (non-hydrogen) atoms. The summed E-state index contributed by atoms with van der Waals surface area (Å²) >= 11 is -2.10. The molecule has 0 atom stereocenters. The van der Waals surface area contributed by atoms with Crippen LogP contribution in [0.25, 0.3) is 105 Å². The van der Waals surface area contributed by atoms with Crippen molar-refractivity contribution in [1.82, 2.24) is 14.5 Å². The Morgan fingerprint density at radius 3 is 2.14 bits per heavy atom. The molecule has 0 saturated heterocycles. The molecule has 0 bridgehead atoms. The maximum absolute atomic E-state index is 13.0. The van der Waals surface area contributed by atoms with Gasteiger partial charge in [0.1, 0.15) is 16.7 Å². The van der Waals surface area contributed by atoms with Crippen LogP contribution in [0.15, 0.2) is 185 Å². The van der Waals surface area contributed by atoms with E-state index in [-0.39, 0.29) is 25.9 Å². The molecule has 5 nitrogen and oxygen atoms in total. The van der Waals surface area contributed by atoms with E-state index in [1.807, 2.05) is 80.7 Å². The first-order chi connectivity index (χ1) is 34.5. The van der Waals surface area contributed by atoms with Crippen LogP contribution in [0.1, 0.15) is 36.4 Å². The number of imidazole rings is 1. The molecule has 0 aliphatic rings. The van der Waals surface area contributed by atoms with Gasteiger partial charge in [0.2, 0.25) is 0 Å². The van der Waals surface area contributed by atoms with E-state index >= 15 is 0 Å². The molecule has 0 saturated carbocycles. The van der Waals surface area contributed by atoms with E-state index in [4.69, 9.17) is 19.3 Å². The zero-order chi connectivity index (χ0) is 50.1. The van der Waals surface area contributed by atoms with Crippen LogP contribution < -0.4 is 4.40 Å². The normalized spacial score (nSPS) is 12.9. The van der Waals surface area contributed by atoms with E-state index in [2.05, 4.69) is 112 Å². The molecule has 0 fully saturated rings. The second kappa shape index (κ2) is 18.5. The van der Waals surface area contributed by atoms with Crippen molar-refractivity contribution in [2.24, 2.45) is 0 Å². The zero-order valence-corrected chi connectivity index (χ0v) is 43.1. The molecule has 341 valence electrons. The Morgan fingerprint density at radius 1 is 0.681 bits per heavy atom. The molecule has 0 aliphatic heterocycles. The van der Waals surface area contributed by atoms with Gasteiger partial charge in [-0.3, -0.25) is 4.98 Å². The number of aryl methyl sites for hydroxylation is 1. The summed E-state index contributed by atoms with van der Waals surface area (Å²) in [6, 6.07) is 61.1. The van der Waals surface area contributed by atoms with Crippen molar-refractivity contribution in [3.8, 4) is 50.6 Å². The van der Waals surface area contributed by atoms with Crippen LogP contribution in [-0.2, 0) is 20.1 Å². The molecule has 4 heterocycles. The van der Waals surface area contributed by atoms with Gasteiger partial charge in [0.15, 0.2) is 0 Å². The quantitative estimate of drug-likeness (QED) is 0.118. The molecule has 0 unspecified atom stereocenters. The molecule has 0 amide bonds. The monoisotopic (exact) mass is 1140 g/mol. The number of rotatable bonds is 7. The number of pyridine rings is 1. The average molecular weight is 1140 g/mol. The van der Waals surface area contributed by atoms with Crippen molar-refractivity contribution < 1.29 is 38.8 Å². The standard InChI is InChI=1S/C44H27N2O2.C17H21FGeN.Ir/c1-27-18-23-40-36(24-27)33-22-20-29(25-41(33)47-40)30-19-21-32-34-13-9-14-35(43(34)48-42(32)26-30)44-45-37-15-6-8-17-39(37)46(44)38-16-7-5-12-31(38)28-10-3-2-4-11-28;1-12(2)15-10-17(13-6-8-14(18)9-7-13)20-11-16(15)19(3,4)5;/h2-13,15-26H,1H3;6,8-12H,1-5H3;/q2*-1;/i1D3;12D;. The van der Waals surface area contributed by atoms with Gasteiger partial charge in [-0.25, -0.2) is 0 Å². The number of benzene rings is 8. The number of furan rings is 2. The third kappa shape index (κ3) is 8.65. The first-order valence-electron chi connectivity index (χ1n) is 24.6.